The van der Waals surface area contributed by atoms with Gasteiger partial charge in [-0.1, -0.05) is 154 Å². The van der Waals surface area contributed by atoms with Gasteiger partial charge in [0.1, 0.15) is 0 Å². The number of unbranched alkanes of at least 4 members (excludes halogenated alkanes) is 10. The number of carboxylic acid groups (broad SMARTS) is 3. The summed E-state index contributed by atoms with van der Waals surface area (Å²) in [5.74, 6) is -2.90. The van der Waals surface area contributed by atoms with Crippen LogP contribution in [0.3, 0.4) is 0 Å². The van der Waals surface area contributed by atoms with E-state index in [0.29, 0.717) is 6.42 Å². The quantitative estimate of drug-likeness (QED) is 0.0811. The second kappa shape index (κ2) is 63.5. The Morgan fingerprint density at radius 3 is 0.526 bits per heavy atom. The number of carbonyl (C=O) groups excluding carboxylic acids is 3. The molecule has 0 aliphatic heterocycles. The number of quaternary nitrogens is 3. The molecule has 0 saturated heterocycles. The Balaban J connectivity index is -0.000000142. The van der Waals surface area contributed by atoms with Gasteiger partial charge in [-0.05, 0) is 83.5 Å². The molecule has 0 bridgehead atoms. The SMILES string of the molecule is CCC(=O)[O-].CCCC(=O)[O-].CCCCC(=O)[O-].CCCC[NH+](CCCC)CCCC.CCCC[NH+](CCCC)CCCC.CCCC[NH+](CCCC)CCCC. The average Bonchev–Trinajstić information content (AvgIpc) is 3.20. The van der Waals surface area contributed by atoms with E-state index >= 15 is 0 Å². The van der Waals surface area contributed by atoms with E-state index in [-0.39, 0.29) is 19.3 Å². The zero-order valence-electron chi connectivity index (χ0n) is 40.8. The first-order valence-electron chi connectivity index (χ1n) is 24.5. The van der Waals surface area contributed by atoms with Gasteiger partial charge >= 0.3 is 0 Å². The van der Waals surface area contributed by atoms with E-state index in [1.54, 1.807) is 6.92 Å². The third-order valence-corrected chi connectivity index (χ3v) is 9.43. The van der Waals surface area contributed by atoms with Crippen LogP contribution in [0.25, 0.3) is 0 Å². The summed E-state index contributed by atoms with van der Waals surface area (Å²) < 4.78 is 0. The van der Waals surface area contributed by atoms with Crippen LogP contribution in [0.4, 0.5) is 0 Å². The standard InChI is InChI=1S/3C12H27N.C5H10O2.C4H8O2.C3H6O2/c3*1-4-7-10-13(11-8-5-2)12-9-6-3;1-2-3-4-5(6)7;1-2-3-4(5)6;1-2-3(4)5/h3*4-12H2,1-3H3;2-4H2,1H3,(H,6,7);2-3H2,1H3,(H,5,6);2H2,1H3,(H,4,5). The monoisotopic (exact) mass is 820 g/mol. The van der Waals surface area contributed by atoms with Gasteiger partial charge < -0.3 is 44.4 Å². The highest BCUT2D eigenvalue weighted by molar-refractivity contribution is 5.64. The molecular formula is C48H105N3O6. The maximum atomic E-state index is 9.65. The lowest BCUT2D eigenvalue weighted by Crippen LogP contribution is -3.12. The zero-order chi connectivity index (χ0) is 44.8. The number of carboxylic acids is 3. The van der Waals surface area contributed by atoms with Crippen molar-refractivity contribution in [3.63, 3.8) is 0 Å². The van der Waals surface area contributed by atoms with Gasteiger partial charge in [-0.25, -0.2) is 0 Å². The summed E-state index contributed by atoms with van der Waals surface area (Å²) in [6.45, 7) is 38.5. The Kier molecular flexibility index (Phi) is 74.7. The van der Waals surface area contributed by atoms with Crippen molar-refractivity contribution in [3.05, 3.63) is 0 Å². The summed E-state index contributed by atoms with van der Waals surface area (Å²) >= 11 is 0. The minimum absolute atomic E-state index is 0.111. The predicted molar refractivity (Wildman–Crippen MR) is 241 cm³/mol. The lowest BCUT2D eigenvalue weighted by Gasteiger charge is -2.18. The average molecular weight is 820 g/mol. The first-order valence-corrected chi connectivity index (χ1v) is 24.5. The molecule has 0 aromatic heterocycles. The van der Waals surface area contributed by atoms with Crippen LogP contribution >= 0.6 is 0 Å². The van der Waals surface area contributed by atoms with Crippen molar-refractivity contribution in [1.82, 2.24) is 0 Å². The zero-order valence-corrected chi connectivity index (χ0v) is 40.8. The van der Waals surface area contributed by atoms with Crippen LogP contribution in [0.1, 0.15) is 237 Å². The second-order valence-electron chi connectivity index (χ2n) is 15.5. The molecule has 0 aliphatic carbocycles. The van der Waals surface area contributed by atoms with Crippen LogP contribution in [0, 0.1) is 0 Å². The highest BCUT2D eigenvalue weighted by Crippen LogP contribution is 1.90. The molecule has 0 heterocycles. The lowest BCUT2D eigenvalue weighted by atomic mass is 10.2. The van der Waals surface area contributed by atoms with Crippen molar-refractivity contribution < 1.29 is 44.4 Å². The van der Waals surface area contributed by atoms with Gasteiger partial charge in [0, 0.05) is 17.9 Å². The number of rotatable bonds is 33. The first-order chi connectivity index (χ1) is 27.3. The maximum absolute atomic E-state index is 9.65. The van der Waals surface area contributed by atoms with Crippen molar-refractivity contribution in [1.29, 1.82) is 0 Å². The molecule has 3 N–H and O–H groups in total. The molecule has 0 rings (SSSR count). The number of hydrogen-bond acceptors (Lipinski definition) is 6. The van der Waals surface area contributed by atoms with Gasteiger partial charge in [-0.2, -0.15) is 0 Å². The molecule has 57 heavy (non-hydrogen) atoms. The minimum atomic E-state index is -0.995. The Bertz CT molecular complexity index is 627. The molecule has 0 aliphatic rings. The molecule has 0 unspecified atom stereocenters. The topological polar surface area (TPSA) is 134 Å². The van der Waals surface area contributed by atoms with Gasteiger partial charge in [-0.15, -0.1) is 0 Å². The van der Waals surface area contributed by atoms with E-state index in [0.717, 1.165) is 12.8 Å². The van der Waals surface area contributed by atoms with E-state index < -0.39 is 17.9 Å². The summed E-state index contributed by atoms with van der Waals surface area (Å²) in [6, 6.07) is 0. The van der Waals surface area contributed by atoms with Crippen LogP contribution in [-0.4, -0.2) is 76.8 Å². The lowest BCUT2D eigenvalue weighted by molar-refractivity contribution is -0.900. The largest absolute Gasteiger partial charge is 0.550 e. The normalized spacial score (nSPS) is 10.2. The van der Waals surface area contributed by atoms with Crippen molar-refractivity contribution in [2.75, 3.05) is 58.9 Å². The van der Waals surface area contributed by atoms with Crippen molar-refractivity contribution in [3.8, 4) is 0 Å². The van der Waals surface area contributed by atoms with Gasteiger partial charge in [-0.3, -0.25) is 0 Å². The van der Waals surface area contributed by atoms with E-state index in [1.165, 1.54) is 181 Å². The van der Waals surface area contributed by atoms with E-state index in [1.807, 2.05) is 21.6 Å². The van der Waals surface area contributed by atoms with Crippen LogP contribution in [0.5, 0.6) is 0 Å². The van der Waals surface area contributed by atoms with Crippen LogP contribution < -0.4 is 30.0 Å². The second-order valence-corrected chi connectivity index (χ2v) is 15.5. The Morgan fingerprint density at radius 1 is 0.281 bits per heavy atom. The molecule has 0 aromatic rings. The van der Waals surface area contributed by atoms with E-state index in [9.17, 15) is 29.7 Å². The fraction of sp³-hybridized carbons (Fsp3) is 0.938. The highest BCUT2D eigenvalue weighted by Gasteiger charge is 2.07. The predicted octanol–water partition coefficient (Wildman–Crippen LogP) is 5.42. The molecule has 0 amide bonds. The highest BCUT2D eigenvalue weighted by atomic mass is 16.4. The maximum Gasteiger partial charge on any atom is 0.0770 e. The summed E-state index contributed by atoms with van der Waals surface area (Å²) in [7, 11) is 0. The molecule has 0 saturated carbocycles. The molecule has 0 radical (unpaired) electrons. The fourth-order valence-corrected chi connectivity index (χ4v) is 5.49. The molecule has 0 atom stereocenters. The van der Waals surface area contributed by atoms with Gasteiger partial charge in [0.15, 0.2) is 0 Å². The van der Waals surface area contributed by atoms with Gasteiger partial charge in [0.05, 0.1) is 58.9 Å². The summed E-state index contributed by atoms with van der Waals surface area (Å²) in [5, 5.41) is 28.4. The fourth-order valence-electron chi connectivity index (χ4n) is 5.49. The molecule has 9 heteroatoms. The van der Waals surface area contributed by atoms with E-state index in [4.69, 9.17) is 0 Å². The van der Waals surface area contributed by atoms with Crippen LogP contribution in [-0.2, 0) is 14.4 Å². The smallest absolute Gasteiger partial charge is 0.0770 e. The molecule has 0 aromatic carbocycles. The van der Waals surface area contributed by atoms with Crippen LogP contribution in [0.15, 0.2) is 0 Å². The molecule has 9 nitrogen and oxygen atoms in total. The molecule has 0 fully saturated rings. The number of hydrogen-bond donors (Lipinski definition) is 3. The van der Waals surface area contributed by atoms with Crippen molar-refractivity contribution >= 4 is 17.9 Å². The Morgan fingerprint density at radius 2 is 0.456 bits per heavy atom. The van der Waals surface area contributed by atoms with Crippen molar-refractivity contribution in [2.24, 2.45) is 0 Å². The Hall–Kier alpha value is -1.71. The third-order valence-electron chi connectivity index (χ3n) is 9.43. The van der Waals surface area contributed by atoms with Crippen LogP contribution in [0.2, 0.25) is 0 Å². The van der Waals surface area contributed by atoms with E-state index in [2.05, 4.69) is 62.3 Å². The Labute approximate surface area is 357 Å². The molecule has 348 valence electrons. The van der Waals surface area contributed by atoms with Gasteiger partial charge in [0.25, 0.3) is 0 Å². The molecular weight excluding hydrogens is 715 g/mol. The molecule has 0 spiro atoms. The number of nitrogens with one attached hydrogen (secondary N) is 3. The van der Waals surface area contributed by atoms with Gasteiger partial charge in [0.2, 0.25) is 0 Å². The number of carbonyl (C=O) groups is 3. The summed E-state index contributed by atoms with van der Waals surface area (Å²) in [5.41, 5.74) is 0. The number of aliphatic carboxylic acids is 3. The summed E-state index contributed by atoms with van der Waals surface area (Å²) in [4.78, 5) is 33.9. The third kappa shape index (κ3) is 79.2. The van der Waals surface area contributed by atoms with Crippen molar-refractivity contribution in [2.45, 2.75) is 237 Å². The minimum Gasteiger partial charge on any atom is -0.550 e. The summed E-state index contributed by atoms with van der Waals surface area (Å²) in [6.07, 6.45) is 27.6. The first kappa shape index (κ1) is 67.1.